The normalized spacial score (nSPS) is 21.2. The van der Waals surface area contributed by atoms with Crippen molar-refractivity contribution in [3.05, 3.63) is 23.7 Å². The van der Waals surface area contributed by atoms with Crippen LogP contribution < -0.4 is 0 Å². The Kier molecular flexibility index (Phi) is 5.02. The minimum atomic E-state index is -0.901. The molecule has 0 amide bonds. The third-order valence-electron chi connectivity index (χ3n) is 3.98. The van der Waals surface area contributed by atoms with Gasteiger partial charge in [-0.15, -0.1) is 0 Å². The van der Waals surface area contributed by atoms with Gasteiger partial charge in [-0.25, -0.2) is 4.79 Å². The number of aromatic carboxylic acids is 1. The summed E-state index contributed by atoms with van der Waals surface area (Å²) < 4.78 is 5.32. The molecule has 0 saturated carbocycles. The topological polar surface area (TPSA) is 53.7 Å². The first-order chi connectivity index (χ1) is 9.20. The molecular formula is C15H23NO3. The van der Waals surface area contributed by atoms with E-state index in [2.05, 4.69) is 11.8 Å². The molecule has 2 heterocycles. The average molecular weight is 265 g/mol. The van der Waals surface area contributed by atoms with Gasteiger partial charge in [0.25, 0.3) is 0 Å². The molecule has 1 unspecified atom stereocenters. The van der Waals surface area contributed by atoms with Crippen molar-refractivity contribution in [1.82, 2.24) is 4.90 Å². The standard InChI is InChI=1S/C15H23NO3/c1-2-4-12-5-3-8-16(9-6-12)11-14-13(15(17)18)7-10-19-14/h7,10,12H,2-6,8-9,11H2,1H3,(H,17,18). The fourth-order valence-electron chi connectivity index (χ4n) is 2.94. The Balaban J connectivity index is 1.92. The van der Waals surface area contributed by atoms with E-state index in [-0.39, 0.29) is 0 Å². The minimum absolute atomic E-state index is 0.300. The van der Waals surface area contributed by atoms with E-state index in [0.29, 0.717) is 17.9 Å². The molecule has 0 bridgehead atoms. The van der Waals surface area contributed by atoms with E-state index in [9.17, 15) is 4.79 Å². The summed E-state index contributed by atoms with van der Waals surface area (Å²) in [6.07, 6.45) is 7.76. The number of hydrogen-bond donors (Lipinski definition) is 1. The molecule has 106 valence electrons. The zero-order chi connectivity index (χ0) is 13.7. The summed E-state index contributed by atoms with van der Waals surface area (Å²) in [6, 6.07) is 1.54. The van der Waals surface area contributed by atoms with Gasteiger partial charge in [-0.05, 0) is 44.3 Å². The van der Waals surface area contributed by atoms with Crippen molar-refractivity contribution in [1.29, 1.82) is 0 Å². The second-order valence-corrected chi connectivity index (χ2v) is 5.42. The smallest absolute Gasteiger partial charge is 0.339 e. The summed E-state index contributed by atoms with van der Waals surface area (Å²) in [6.45, 7) is 4.95. The third-order valence-corrected chi connectivity index (χ3v) is 3.98. The zero-order valence-electron chi connectivity index (χ0n) is 11.6. The quantitative estimate of drug-likeness (QED) is 0.886. The van der Waals surface area contributed by atoms with Crippen LogP contribution in [-0.2, 0) is 6.54 Å². The molecule has 1 aromatic heterocycles. The molecule has 0 radical (unpaired) electrons. The minimum Gasteiger partial charge on any atom is -0.478 e. The lowest BCUT2D eigenvalue weighted by molar-refractivity contribution is 0.0692. The van der Waals surface area contributed by atoms with Crippen molar-refractivity contribution in [3.8, 4) is 0 Å². The van der Waals surface area contributed by atoms with Gasteiger partial charge in [-0.1, -0.05) is 19.8 Å². The summed E-state index contributed by atoms with van der Waals surface area (Å²) in [5.74, 6) is 0.523. The average Bonchev–Trinajstić information content (AvgIpc) is 2.72. The van der Waals surface area contributed by atoms with Crippen LogP contribution in [-0.4, -0.2) is 29.1 Å². The van der Waals surface area contributed by atoms with Gasteiger partial charge in [0.1, 0.15) is 11.3 Å². The molecule has 4 heteroatoms. The van der Waals surface area contributed by atoms with Crippen LogP contribution >= 0.6 is 0 Å². The van der Waals surface area contributed by atoms with Gasteiger partial charge >= 0.3 is 5.97 Å². The van der Waals surface area contributed by atoms with Crippen LogP contribution in [0, 0.1) is 5.92 Å². The van der Waals surface area contributed by atoms with Gasteiger partial charge in [0, 0.05) is 0 Å². The van der Waals surface area contributed by atoms with E-state index < -0.39 is 5.97 Å². The Morgan fingerprint density at radius 1 is 1.47 bits per heavy atom. The molecular weight excluding hydrogens is 242 g/mol. The number of carboxylic acid groups (broad SMARTS) is 1. The van der Waals surface area contributed by atoms with Gasteiger partial charge in [0.05, 0.1) is 12.8 Å². The van der Waals surface area contributed by atoms with Crippen LogP contribution in [0.1, 0.15) is 55.1 Å². The van der Waals surface area contributed by atoms with Gasteiger partial charge in [0.15, 0.2) is 0 Å². The molecule has 0 aromatic carbocycles. The van der Waals surface area contributed by atoms with Crippen molar-refractivity contribution in [3.63, 3.8) is 0 Å². The second kappa shape index (κ2) is 6.75. The maximum Gasteiger partial charge on any atom is 0.339 e. The predicted octanol–water partition coefficient (Wildman–Crippen LogP) is 3.38. The summed E-state index contributed by atoms with van der Waals surface area (Å²) in [5.41, 5.74) is 0.300. The number of nitrogens with zero attached hydrogens (tertiary/aromatic N) is 1. The van der Waals surface area contributed by atoms with Crippen molar-refractivity contribution in [2.75, 3.05) is 13.1 Å². The van der Waals surface area contributed by atoms with Gasteiger partial charge in [-0.2, -0.15) is 0 Å². The molecule has 1 N–H and O–H groups in total. The predicted molar refractivity (Wildman–Crippen MR) is 73.2 cm³/mol. The highest BCUT2D eigenvalue weighted by molar-refractivity contribution is 5.88. The van der Waals surface area contributed by atoms with Crippen LogP contribution in [0.15, 0.2) is 16.7 Å². The molecule has 1 saturated heterocycles. The first kappa shape index (κ1) is 14.1. The second-order valence-electron chi connectivity index (χ2n) is 5.42. The van der Waals surface area contributed by atoms with Crippen LogP contribution in [0.5, 0.6) is 0 Å². The van der Waals surface area contributed by atoms with Gasteiger partial charge in [0.2, 0.25) is 0 Å². The van der Waals surface area contributed by atoms with E-state index in [1.54, 1.807) is 0 Å². The van der Waals surface area contributed by atoms with E-state index in [1.165, 1.54) is 44.4 Å². The lowest BCUT2D eigenvalue weighted by Gasteiger charge is -2.19. The van der Waals surface area contributed by atoms with Crippen molar-refractivity contribution in [2.45, 2.75) is 45.6 Å². The van der Waals surface area contributed by atoms with Gasteiger partial charge in [-0.3, -0.25) is 4.90 Å². The number of carboxylic acids is 1. The van der Waals surface area contributed by atoms with Crippen LogP contribution in [0.3, 0.4) is 0 Å². The van der Waals surface area contributed by atoms with Crippen LogP contribution in [0.25, 0.3) is 0 Å². The molecule has 1 aliphatic rings. The van der Waals surface area contributed by atoms with Crippen molar-refractivity contribution >= 4 is 5.97 Å². The van der Waals surface area contributed by atoms with Crippen molar-refractivity contribution < 1.29 is 14.3 Å². The number of carbonyl (C=O) groups is 1. The summed E-state index contributed by atoms with van der Waals surface area (Å²) >= 11 is 0. The highest BCUT2D eigenvalue weighted by atomic mass is 16.4. The monoisotopic (exact) mass is 265 g/mol. The molecule has 1 fully saturated rings. The van der Waals surface area contributed by atoms with Gasteiger partial charge < -0.3 is 9.52 Å². The lowest BCUT2D eigenvalue weighted by Crippen LogP contribution is -2.25. The number of rotatable bonds is 5. The lowest BCUT2D eigenvalue weighted by atomic mass is 9.96. The maximum atomic E-state index is 11.1. The Morgan fingerprint density at radius 3 is 3.05 bits per heavy atom. The third kappa shape index (κ3) is 3.83. The van der Waals surface area contributed by atoms with E-state index in [0.717, 1.165) is 19.0 Å². The molecule has 0 spiro atoms. The van der Waals surface area contributed by atoms with E-state index in [1.807, 2.05) is 0 Å². The number of furan rings is 1. The summed E-state index contributed by atoms with van der Waals surface area (Å²) in [5, 5.41) is 9.07. The SMILES string of the molecule is CCCC1CCCN(Cc2occc2C(=O)O)CC1. The Hall–Kier alpha value is -1.29. The molecule has 19 heavy (non-hydrogen) atoms. The molecule has 4 nitrogen and oxygen atoms in total. The first-order valence-electron chi connectivity index (χ1n) is 7.22. The molecule has 1 atom stereocenters. The van der Waals surface area contributed by atoms with E-state index in [4.69, 9.17) is 9.52 Å². The Labute approximate surface area is 114 Å². The van der Waals surface area contributed by atoms with E-state index >= 15 is 0 Å². The fourth-order valence-corrected chi connectivity index (χ4v) is 2.94. The molecule has 2 rings (SSSR count). The number of hydrogen-bond acceptors (Lipinski definition) is 3. The zero-order valence-corrected chi connectivity index (χ0v) is 11.6. The van der Waals surface area contributed by atoms with Crippen LogP contribution in [0.4, 0.5) is 0 Å². The van der Waals surface area contributed by atoms with Crippen molar-refractivity contribution in [2.24, 2.45) is 5.92 Å². The summed E-state index contributed by atoms with van der Waals surface area (Å²) in [4.78, 5) is 13.4. The summed E-state index contributed by atoms with van der Waals surface area (Å²) in [7, 11) is 0. The molecule has 0 aliphatic carbocycles. The highest BCUT2D eigenvalue weighted by Gasteiger charge is 2.20. The maximum absolute atomic E-state index is 11.1. The number of likely N-dealkylation sites (tertiary alicyclic amines) is 1. The molecule has 1 aliphatic heterocycles. The van der Waals surface area contributed by atoms with Crippen LogP contribution in [0.2, 0.25) is 0 Å². The Bertz CT molecular complexity index is 413. The molecule has 1 aromatic rings. The highest BCUT2D eigenvalue weighted by Crippen LogP contribution is 2.23. The largest absolute Gasteiger partial charge is 0.478 e. The Morgan fingerprint density at radius 2 is 2.32 bits per heavy atom. The fraction of sp³-hybridized carbons (Fsp3) is 0.667. The first-order valence-corrected chi connectivity index (χ1v) is 7.22.